The predicted octanol–water partition coefficient (Wildman–Crippen LogP) is 7.18. The van der Waals surface area contributed by atoms with Crippen molar-refractivity contribution in [2.45, 2.75) is 26.5 Å². The third kappa shape index (κ3) is 5.93. The maximum absolute atomic E-state index is 12.4. The fourth-order valence-corrected chi connectivity index (χ4v) is 4.46. The van der Waals surface area contributed by atoms with Gasteiger partial charge in [-0.1, -0.05) is 77.3 Å². The number of amides is 1. The Kier molecular flexibility index (Phi) is 7.33. The minimum atomic E-state index is -0.696. The summed E-state index contributed by atoms with van der Waals surface area (Å²) in [7, 11) is 0. The lowest BCUT2D eigenvalue weighted by Gasteiger charge is -2.16. The lowest BCUT2D eigenvalue weighted by atomic mass is 10.1. The second-order valence-corrected chi connectivity index (χ2v) is 9.36. The fourth-order valence-electron chi connectivity index (χ4n) is 3.18. The zero-order valence-electron chi connectivity index (χ0n) is 18.1. The second-order valence-electron chi connectivity index (χ2n) is 7.65. The first-order valence-electron chi connectivity index (χ1n) is 10.4. The molecule has 3 aromatic carbocycles. The van der Waals surface area contributed by atoms with Crippen LogP contribution in [-0.4, -0.2) is 17.0 Å². The molecule has 1 aromatic heterocycles. The van der Waals surface area contributed by atoms with E-state index in [0.717, 1.165) is 27.4 Å². The number of rotatable bonds is 7. The minimum Gasteiger partial charge on any atom is -0.479 e. The molecule has 0 aliphatic carbocycles. The monoisotopic (exact) mass is 496 g/mol. The van der Waals surface area contributed by atoms with Crippen LogP contribution in [0.25, 0.3) is 21.8 Å². The highest BCUT2D eigenvalue weighted by molar-refractivity contribution is 7.13. The first-order valence-corrected chi connectivity index (χ1v) is 12.0. The lowest BCUT2D eigenvalue weighted by molar-refractivity contribution is -0.127. The van der Waals surface area contributed by atoms with Crippen LogP contribution < -0.4 is 10.1 Å². The molecular formula is C26H22Cl2N2O2S. The van der Waals surface area contributed by atoms with Gasteiger partial charge in [-0.3, -0.25) is 4.79 Å². The standard InChI is InChI=1S/C26H22Cl2N2O2S/c1-16-3-7-19(8-4-16)23-15-33-26(30-23)20-9-5-18(6-10-20)14-29-25(31)17(2)32-24-12-11-21(27)13-22(24)28/h3-13,15,17H,14H2,1-2H3,(H,29,31). The summed E-state index contributed by atoms with van der Waals surface area (Å²) in [5.41, 5.74) is 5.34. The number of carbonyl (C=O) groups is 1. The number of carbonyl (C=O) groups excluding carboxylic acids is 1. The summed E-state index contributed by atoms with van der Waals surface area (Å²) in [6, 6.07) is 21.3. The second kappa shape index (κ2) is 10.4. The van der Waals surface area contributed by atoms with E-state index in [1.54, 1.807) is 36.5 Å². The van der Waals surface area contributed by atoms with Crippen molar-refractivity contribution >= 4 is 40.4 Å². The molecule has 1 N–H and O–H groups in total. The summed E-state index contributed by atoms with van der Waals surface area (Å²) < 4.78 is 5.66. The summed E-state index contributed by atoms with van der Waals surface area (Å²) >= 11 is 13.6. The van der Waals surface area contributed by atoms with Crippen LogP contribution in [0.1, 0.15) is 18.1 Å². The van der Waals surface area contributed by atoms with E-state index in [9.17, 15) is 4.79 Å². The molecule has 0 aliphatic heterocycles. The summed E-state index contributed by atoms with van der Waals surface area (Å²) in [5.74, 6) is 0.189. The fraction of sp³-hybridized carbons (Fsp3) is 0.154. The Balaban J connectivity index is 1.34. The van der Waals surface area contributed by atoms with E-state index >= 15 is 0 Å². The Labute approximate surface area is 207 Å². The smallest absolute Gasteiger partial charge is 0.261 e. The van der Waals surface area contributed by atoms with Crippen molar-refractivity contribution in [2.24, 2.45) is 0 Å². The van der Waals surface area contributed by atoms with Gasteiger partial charge in [0.05, 0.1) is 10.7 Å². The molecule has 0 saturated carbocycles. The number of hydrogen-bond donors (Lipinski definition) is 1. The van der Waals surface area contributed by atoms with Crippen molar-refractivity contribution in [3.63, 3.8) is 0 Å². The average Bonchev–Trinajstić information content (AvgIpc) is 3.30. The van der Waals surface area contributed by atoms with E-state index in [-0.39, 0.29) is 5.91 Å². The van der Waals surface area contributed by atoms with Gasteiger partial charge in [0.1, 0.15) is 10.8 Å². The van der Waals surface area contributed by atoms with E-state index in [1.807, 2.05) is 24.3 Å². The van der Waals surface area contributed by atoms with Crippen LogP contribution in [0.5, 0.6) is 5.75 Å². The molecule has 1 amide bonds. The summed E-state index contributed by atoms with van der Waals surface area (Å²) in [5, 5.41) is 6.80. The van der Waals surface area contributed by atoms with Crippen molar-refractivity contribution in [1.82, 2.24) is 10.3 Å². The van der Waals surface area contributed by atoms with Crippen LogP contribution >= 0.6 is 34.5 Å². The molecular weight excluding hydrogens is 475 g/mol. The lowest BCUT2D eigenvalue weighted by Crippen LogP contribution is -2.35. The number of benzene rings is 3. The van der Waals surface area contributed by atoms with Gasteiger partial charge in [0.15, 0.2) is 6.10 Å². The number of aromatic nitrogens is 1. The molecule has 0 radical (unpaired) electrons. The van der Waals surface area contributed by atoms with Crippen LogP contribution in [0.2, 0.25) is 10.0 Å². The molecule has 1 atom stereocenters. The SMILES string of the molecule is Cc1ccc(-c2csc(-c3ccc(CNC(=O)C(C)Oc4ccc(Cl)cc4Cl)cc3)n2)cc1. The third-order valence-corrected chi connectivity index (χ3v) is 6.51. The Morgan fingerprint density at radius 3 is 2.42 bits per heavy atom. The quantitative estimate of drug-likeness (QED) is 0.294. The zero-order chi connectivity index (χ0) is 23.4. The summed E-state index contributed by atoms with van der Waals surface area (Å²) in [6.07, 6.45) is -0.696. The van der Waals surface area contributed by atoms with Gasteiger partial charge in [0.25, 0.3) is 5.91 Å². The number of nitrogens with zero attached hydrogens (tertiary/aromatic N) is 1. The van der Waals surface area contributed by atoms with Crippen molar-refractivity contribution in [3.8, 4) is 27.6 Å². The van der Waals surface area contributed by atoms with Crippen LogP contribution in [-0.2, 0) is 11.3 Å². The van der Waals surface area contributed by atoms with Gasteiger partial charge in [0, 0.05) is 28.1 Å². The number of halogens is 2. The molecule has 0 fully saturated rings. The van der Waals surface area contributed by atoms with Crippen molar-refractivity contribution in [1.29, 1.82) is 0 Å². The van der Waals surface area contributed by atoms with E-state index in [4.69, 9.17) is 32.9 Å². The van der Waals surface area contributed by atoms with Gasteiger partial charge < -0.3 is 10.1 Å². The van der Waals surface area contributed by atoms with Crippen LogP contribution in [0.3, 0.4) is 0 Å². The molecule has 7 heteroatoms. The number of ether oxygens (including phenoxy) is 1. The molecule has 33 heavy (non-hydrogen) atoms. The topological polar surface area (TPSA) is 51.2 Å². The van der Waals surface area contributed by atoms with Gasteiger partial charge in [-0.05, 0) is 37.6 Å². The van der Waals surface area contributed by atoms with Gasteiger partial charge in [-0.2, -0.15) is 0 Å². The summed E-state index contributed by atoms with van der Waals surface area (Å²) in [6.45, 7) is 4.15. The van der Waals surface area contributed by atoms with Gasteiger partial charge >= 0.3 is 0 Å². The molecule has 4 nitrogen and oxygen atoms in total. The maximum atomic E-state index is 12.4. The Morgan fingerprint density at radius 2 is 1.73 bits per heavy atom. The van der Waals surface area contributed by atoms with Crippen molar-refractivity contribution in [3.05, 3.63) is 93.3 Å². The van der Waals surface area contributed by atoms with Crippen molar-refractivity contribution in [2.75, 3.05) is 0 Å². The molecule has 1 heterocycles. The Bertz CT molecular complexity index is 1250. The Morgan fingerprint density at radius 1 is 1.03 bits per heavy atom. The third-order valence-electron chi connectivity index (χ3n) is 5.09. The number of nitrogens with one attached hydrogen (secondary N) is 1. The van der Waals surface area contributed by atoms with Gasteiger partial charge in [0.2, 0.25) is 0 Å². The zero-order valence-corrected chi connectivity index (χ0v) is 20.5. The maximum Gasteiger partial charge on any atom is 0.261 e. The minimum absolute atomic E-state index is 0.229. The number of hydrogen-bond acceptors (Lipinski definition) is 4. The van der Waals surface area contributed by atoms with Gasteiger partial charge in [-0.15, -0.1) is 11.3 Å². The molecule has 4 rings (SSSR count). The number of aryl methyl sites for hydroxylation is 1. The van der Waals surface area contributed by atoms with E-state index < -0.39 is 6.10 Å². The normalized spacial score (nSPS) is 11.8. The largest absolute Gasteiger partial charge is 0.479 e. The van der Waals surface area contributed by atoms with Crippen LogP contribution in [0.15, 0.2) is 72.1 Å². The van der Waals surface area contributed by atoms with E-state index in [0.29, 0.717) is 22.3 Å². The molecule has 0 aliphatic rings. The molecule has 168 valence electrons. The highest BCUT2D eigenvalue weighted by atomic mass is 35.5. The van der Waals surface area contributed by atoms with E-state index in [2.05, 4.69) is 41.9 Å². The number of thiazole rings is 1. The molecule has 0 bridgehead atoms. The highest BCUT2D eigenvalue weighted by Gasteiger charge is 2.16. The van der Waals surface area contributed by atoms with Crippen molar-refractivity contribution < 1.29 is 9.53 Å². The van der Waals surface area contributed by atoms with Gasteiger partial charge in [-0.25, -0.2) is 4.98 Å². The van der Waals surface area contributed by atoms with Crippen LogP contribution in [0, 0.1) is 6.92 Å². The van der Waals surface area contributed by atoms with E-state index in [1.165, 1.54) is 5.56 Å². The van der Waals surface area contributed by atoms with Crippen LogP contribution in [0.4, 0.5) is 0 Å². The summed E-state index contributed by atoms with van der Waals surface area (Å²) in [4.78, 5) is 17.2. The first-order chi connectivity index (χ1) is 15.9. The Hall–Kier alpha value is -2.86. The molecule has 1 unspecified atom stereocenters. The molecule has 0 spiro atoms. The average molecular weight is 497 g/mol. The first kappa shape index (κ1) is 23.3. The predicted molar refractivity (Wildman–Crippen MR) is 136 cm³/mol. The molecule has 0 saturated heterocycles. The molecule has 4 aromatic rings. The highest BCUT2D eigenvalue weighted by Crippen LogP contribution is 2.30.